The largest absolute Gasteiger partial charge is 0.376 e. The first-order valence-electron chi connectivity index (χ1n) is 6.58. The van der Waals surface area contributed by atoms with Crippen molar-refractivity contribution in [3.05, 3.63) is 12.7 Å². The van der Waals surface area contributed by atoms with Crippen LogP contribution in [0.15, 0.2) is 17.6 Å². The molecule has 1 fully saturated rings. The van der Waals surface area contributed by atoms with Gasteiger partial charge in [-0.25, -0.2) is 4.99 Å². The fourth-order valence-corrected chi connectivity index (χ4v) is 1.65. The van der Waals surface area contributed by atoms with Crippen LogP contribution < -0.4 is 10.6 Å². The van der Waals surface area contributed by atoms with E-state index in [0.717, 1.165) is 19.4 Å². The lowest BCUT2D eigenvalue weighted by atomic mass is 10.2. The van der Waals surface area contributed by atoms with E-state index in [9.17, 15) is 4.79 Å². The van der Waals surface area contributed by atoms with E-state index in [1.165, 1.54) is 4.90 Å². The van der Waals surface area contributed by atoms with Crippen LogP contribution in [0.4, 0.5) is 0 Å². The van der Waals surface area contributed by atoms with Gasteiger partial charge in [-0.2, -0.15) is 0 Å². The minimum atomic E-state index is -0.0307. The lowest BCUT2D eigenvalue weighted by Gasteiger charge is -2.15. The van der Waals surface area contributed by atoms with Crippen molar-refractivity contribution < 1.29 is 9.53 Å². The molecular weight excluding hydrogens is 371 g/mol. The molecule has 0 radical (unpaired) electrons. The quantitative estimate of drug-likeness (QED) is 0.299. The average molecular weight is 396 g/mol. The Bertz CT molecular complexity index is 328. The molecule has 0 aliphatic carbocycles. The summed E-state index contributed by atoms with van der Waals surface area (Å²) in [5.74, 6) is 0.586. The first-order valence-corrected chi connectivity index (χ1v) is 6.58. The fourth-order valence-electron chi connectivity index (χ4n) is 1.65. The lowest BCUT2D eigenvalue weighted by molar-refractivity contribution is -0.127. The summed E-state index contributed by atoms with van der Waals surface area (Å²) in [6.45, 7) is 5.92. The molecule has 1 aliphatic rings. The van der Waals surface area contributed by atoms with Gasteiger partial charge in [0.25, 0.3) is 0 Å². The number of rotatable bonds is 6. The number of ether oxygens (including phenoxy) is 1. The van der Waals surface area contributed by atoms with E-state index in [0.29, 0.717) is 19.0 Å². The van der Waals surface area contributed by atoms with Crippen molar-refractivity contribution in [3.8, 4) is 0 Å². The minimum absolute atomic E-state index is 0. The number of carbonyl (C=O) groups is 1. The molecule has 0 aromatic rings. The van der Waals surface area contributed by atoms with Gasteiger partial charge >= 0.3 is 0 Å². The molecule has 116 valence electrons. The molecule has 2 N–H and O–H groups in total. The molecule has 1 aliphatic heterocycles. The summed E-state index contributed by atoms with van der Waals surface area (Å²) in [4.78, 5) is 17.3. The van der Waals surface area contributed by atoms with Gasteiger partial charge in [0, 0.05) is 33.8 Å². The molecule has 0 aromatic carbocycles. The van der Waals surface area contributed by atoms with Gasteiger partial charge in [0.1, 0.15) is 6.54 Å². The van der Waals surface area contributed by atoms with E-state index in [1.807, 2.05) is 0 Å². The van der Waals surface area contributed by atoms with Crippen LogP contribution in [0.25, 0.3) is 0 Å². The van der Waals surface area contributed by atoms with Crippen LogP contribution in [0, 0.1) is 0 Å². The molecule has 1 atom stereocenters. The second-order valence-electron chi connectivity index (χ2n) is 4.64. The molecule has 1 unspecified atom stereocenters. The van der Waals surface area contributed by atoms with Crippen LogP contribution in [0.3, 0.4) is 0 Å². The first-order chi connectivity index (χ1) is 9.13. The second kappa shape index (κ2) is 10.9. The van der Waals surface area contributed by atoms with E-state index >= 15 is 0 Å². The summed E-state index contributed by atoms with van der Waals surface area (Å²) < 4.78 is 5.53. The van der Waals surface area contributed by atoms with Crippen LogP contribution in [0.2, 0.25) is 0 Å². The number of hydrogen-bond acceptors (Lipinski definition) is 3. The van der Waals surface area contributed by atoms with Gasteiger partial charge < -0.3 is 20.3 Å². The molecule has 1 saturated heterocycles. The van der Waals surface area contributed by atoms with Crippen LogP contribution in [0.1, 0.15) is 12.8 Å². The lowest BCUT2D eigenvalue weighted by Crippen LogP contribution is -2.42. The van der Waals surface area contributed by atoms with Gasteiger partial charge in [-0.15, -0.1) is 30.6 Å². The number of nitrogens with one attached hydrogen (secondary N) is 2. The second-order valence-corrected chi connectivity index (χ2v) is 4.64. The van der Waals surface area contributed by atoms with E-state index in [-0.39, 0.29) is 42.5 Å². The highest BCUT2D eigenvalue weighted by molar-refractivity contribution is 14.0. The Kier molecular flexibility index (Phi) is 10.4. The number of likely N-dealkylation sites (N-methyl/N-ethyl adjacent to an activating group) is 1. The Morgan fingerprint density at radius 3 is 2.80 bits per heavy atom. The SMILES string of the molecule is C=CCNC(=NCC(=O)N(C)C)NCC1CCCO1.I. The highest BCUT2D eigenvalue weighted by Crippen LogP contribution is 2.10. The molecule has 0 spiro atoms. The van der Waals surface area contributed by atoms with Crippen molar-refractivity contribution in [1.82, 2.24) is 15.5 Å². The Morgan fingerprint density at radius 2 is 2.25 bits per heavy atom. The molecule has 1 heterocycles. The monoisotopic (exact) mass is 396 g/mol. The molecule has 1 amide bonds. The van der Waals surface area contributed by atoms with Crippen molar-refractivity contribution in [1.29, 1.82) is 0 Å². The molecule has 1 rings (SSSR count). The Hall–Kier alpha value is -0.830. The Balaban J connectivity index is 0.00000361. The fraction of sp³-hybridized carbons (Fsp3) is 0.692. The van der Waals surface area contributed by atoms with Crippen LogP contribution >= 0.6 is 24.0 Å². The van der Waals surface area contributed by atoms with Gasteiger partial charge in [0.05, 0.1) is 6.10 Å². The van der Waals surface area contributed by atoms with Crippen molar-refractivity contribution in [2.24, 2.45) is 4.99 Å². The Labute approximate surface area is 138 Å². The van der Waals surface area contributed by atoms with Crippen LogP contribution in [-0.4, -0.2) is 63.2 Å². The molecule has 0 aromatic heterocycles. The number of nitrogens with zero attached hydrogens (tertiary/aromatic N) is 2. The van der Waals surface area contributed by atoms with Gasteiger partial charge in [0.2, 0.25) is 5.91 Å². The summed E-state index contributed by atoms with van der Waals surface area (Å²) in [6, 6.07) is 0. The third-order valence-electron chi connectivity index (χ3n) is 2.81. The molecule has 6 nitrogen and oxygen atoms in total. The summed E-state index contributed by atoms with van der Waals surface area (Å²) in [6.07, 6.45) is 4.16. The van der Waals surface area contributed by atoms with E-state index < -0.39 is 0 Å². The standard InChI is InChI=1S/C13H24N4O2.HI/c1-4-7-14-13(16-10-12(18)17(2)3)15-9-11-6-5-8-19-11;/h4,11H,1,5-10H2,2-3H3,(H2,14,15,16);1H. The Morgan fingerprint density at radius 1 is 1.50 bits per heavy atom. The highest BCUT2D eigenvalue weighted by atomic mass is 127. The van der Waals surface area contributed by atoms with E-state index in [1.54, 1.807) is 20.2 Å². The summed E-state index contributed by atoms with van der Waals surface area (Å²) in [5, 5.41) is 6.27. The molecule has 0 bridgehead atoms. The van der Waals surface area contributed by atoms with Crippen LogP contribution in [-0.2, 0) is 9.53 Å². The zero-order valence-corrected chi connectivity index (χ0v) is 14.6. The topological polar surface area (TPSA) is 66.0 Å². The predicted octanol–water partition coefficient (Wildman–Crippen LogP) is 0.593. The molecular formula is C13H25IN4O2. The maximum atomic E-state index is 11.5. The molecule has 0 saturated carbocycles. The van der Waals surface area contributed by atoms with Crippen LogP contribution in [0.5, 0.6) is 0 Å². The van der Waals surface area contributed by atoms with Gasteiger partial charge in [0.15, 0.2) is 5.96 Å². The maximum Gasteiger partial charge on any atom is 0.243 e. The predicted molar refractivity (Wildman–Crippen MR) is 91.6 cm³/mol. The summed E-state index contributed by atoms with van der Waals surface area (Å²) in [7, 11) is 3.43. The molecule has 7 heteroatoms. The zero-order valence-electron chi connectivity index (χ0n) is 12.2. The van der Waals surface area contributed by atoms with Gasteiger partial charge in [-0.3, -0.25) is 4.79 Å². The minimum Gasteiger partial charge on any atom is -0.376 e. The van der Waals surface area contributed by atoms with Crippen molar-refractivity contribution >= 4 is 35.8 Å². The average Bonchev–Trinajstić information content (AvgIpc) is 2.90. The van der Waals surface area contributed by atoms with Crippen molar-refractivity contribution in [3.63, 3.8) is 0 Å². The number of amides is 1. The number of guanidine groups is 1. The normalized spacial score (nSPS) is 18.1. The zero-order chi connectivity index (χ0) is 14.1. The highest BCUT2D eigenvalue weighted by Gasteiger charge is 2.15. The van der Waals surface area contributed by atoms with Crippen molar-refractivity contribution in [2.45, 2.75) is 18.9 Å². The van der Waals surface area contributed by atoms with Gasteiger partial charge in [-0.05, 0) is 12.8 Å². The summed E-state index contributed by atoms with van der Waals surface area (Å²) in [5.41, 5.74) is 0. The van der Waals surface area contributed by atoms with E-state index in [2.05, 4.69) is 22.2 Å². The third-order valence-corrected chi connectivity index (χ3v) is 2.81. The smallest absolute Gasteiger partial charge is 0.243 e. The van der Waals surface area contributed by atoms with Crippen molar-refractivity contribution in [2.75, 3.05) is 40.3 Å². The number of halogens is 1. The van der Waals surface area contributed by atoms with Gasteiger partial charge in [-0.1, -0.05) is 6.08 Å². The number of hydrogen-bond donors (Lipinski definition) is 2. The summed E-state index contributed by atoms with van der Waals surface area (Å²) >= 11 is 0. The third kappa shape index (κ3) is 7.68. The maximum absolute atomic E-state index is 11.5. The number of aliphatic imine (C=N–C) groups is 1. The number of carbonyl (C=O) groups excluding carboxylic acids is 1. The first kappa shape index (κ1) is 19.2. The molecule has 20 heavy (non-hydrogen) atoms. The van der Waals surface area contributed by atoms with E-state index in [4.69, 9.17) is 4.74 Å².